The molecule has 0 aromatic heterocycles. The number of aliphatic hydroxyl groups is 1. The third kappa shape index (κ3) is 4.29. The maximum Gasteiger partial charge on any atom is 0.294 e. The van der Waals surface area contributed by atoms with E-state index in [0.717, 1.165) is 16.7 Å². The number of carbonyl (C=O) groups excluding carboxylic acids is 2. The zero-order valence-electron chi connectivity index (χ0n) is 17.4. The molecule has 0 bridgehead atoms. The van der Waals surface area contributed by atoms with Gasteiger partial charge in [-0.05, 0) is 48.2 Å². The molecule has 3 aromatic rings. The Labute approximate surface area is 196 Å². The summed E-state index contributed by atoms with van der Waals surface area (Å²) in [5.74, 6) is -1.46. The first-order chi connectivity index (χ1) is 15.4. The molecule has 1 amide bonds. The number of ketones is 1. The Bertz CT molecular complexity index is 1200. The lowest BCUT2D eigenvalue weighted by Gasteiger charge is -2.28. The first kappa shape index (κ1) is 22.1. The molecule has 0 saturated carbocycles. The molecule has 3 aromatic carbocycles. The average molecular weight is 466 g/mol. The van der Waals surface area contributed by atoms with E-state index in [1.165, 1.54) is 4.90 Å². The Hall–Kier alpha value is -3.08. The molecular formula is C26H21Cl2NO3. The van der Waals surface area contributed by atoms with Crippen LogP contribution in [0.15, 0.2) is 84.1 Å². The van der Waals surface area contributed by atoms with Crippen LogP contribution in [0.25, 0.3) is 0 Å². The van der Waals surface area contributed by atoms with Crippen molar-refractivity contribution in [3.05, 3.63) is 111 Å². The minimum absolute atomic E-state index is 0.0938. The molecule has 6 heteroatoms. The standard InChI is InChI=1S/C26H21Cl2NO3/c1-16-7-5-6-10-21(16)24-23(22(30)12-11-17-8-3-2-4-9-17)25(31)26(32)29(24)20-14-18(27)13-19(28)15-20/h2-10,13-15,24,31H,11-12H2,1H3. The van der Waals surface area contributed by atoms with Crippen LogP contribution in [0.2, 0.25) is 10.0 Å². The molecule has 1 heterocycles. The van der Waals surface area contributed by atoms with Gasteiger partial charge in [0, 0.05) is 22.2 Å². The molecule has 32 heavy (non-hydrogen) atoms. The highest BCUT2D eigenvalue weighted by Crippen LogP contribution is 2.43. The van der Waals surface area contributed by atoms with Crippen LogP contribution in [0.1, 0.15) is 29.2 Å². The number of benzene rings is 3. The van der Waals surface area contributed by atoms with E-state index in [1.54, 1.807) is 18.2 Å². The predicted octanol–water partition coefficient (Wildman–Crippen LogP) is 6.40. The smallest absolute Gasteiger partial charge is 0.294 e. The number of halogens is 2. The Morgan fingerprint density at radius 3 is 2.25 bits per heavy atom. The molecule has 1 N–H and O–H groups in total. The van der Waals surface area contributed by atoms with Crippen LogP contribution in [0.4, 0.5) is 5.69 Å². The van der Waals surface area contributed by atoms with Crippen molar-refractivity contribution in [3.8, 4) is 0 Å². The summed E-state index contributed by atoms with van der Waals surface area (Å²) >= 11 is 12.4. The topological polar surface area (TPSA) is 57.6 Å². The van der Waals surface area contributed by atoms with E-state index < -0.39 is 17.7 Å². The SMILES string of the molecule is Cc1ccccc1C1C(C(=O)CCc2ccccc2)=C(O)C(=O)N1c1cc(Cl)cc(Cl)c1. The van der Waals surface area contributed by atoms with E-state index in [-0.39, 0.29) is 17.8 Å². The molecule has 0 spiro atoms. The van der Waals surface area contributed by atoms with E-state index in [2.05, 4.69) is 0 Å². The second-order valence-electron chi connectivity index (χ2n) is 7.73. The van der Waals surface area contributed by atoms with Gasteiger partial charge in [-0.15, -0.1) is 0 Å². The first-order valence-electron chi connectivity index (χ1n) is 10.2. The molecule has 1 aliphatic rings. The van der Waals surface area contributed by atoms with Gasteiger partial charge in [0.1, 0.15) is 0 Å². The van der Waals surface area contributed by atoms with Gasteiger partial charge >= 0.3 is 0 Å². The molecule has 0 radical (unpaired) electrons. The zero-order valence-corrected chi connectivity index (χ0v) is 18.9. The van der Waals surface area contributed by atoms with Crippen LogP contribution >= 0.6 is 23.2 Å². The van der Waals surface area contributed by atoms with E-state index in [0.29, 0.717) is 22.2 Å². The highest BCUT2D eigenvalue weighted by atomic mass is 35.5. The van der Waals surface area contributed by atoms with Crippen molar-refractivity contribution in [1.82, 2.24) is 0 Å². The minimum atomic E-state index is -0.776. The van der Waals surface area contributed by atoms with Gasteiger partial charge < -0.3 is 5.11 Å². The van der Waals surface area contributed by atoms with Crippen LogP contribution in [-0.2, 0) is 16.0 Å². The Morgan fingerprint density at radius 1 is 0.969 bits per heavy atom. The summed E-state index contributed by atoms with van der Waals surface area (Å²) in [5.41, 5.74) is 3.17. The third-order valence-corrected chi connectivity index (χ3v) is 6.04. The van der Waals surface area contributed by atoms with Crippen molar-refractivity contribution in [2.45, 2.75) is 25.8 Å². The van der Waals surface area contributed by atoms with E-state index in [1.807, 2.05) is 61.5 Å². The fraction of sp³-hybridized carbons (Fsp3) is 0.154. The van der Waals surface area contributed by atoms with E-state index in [9.17, 15) is 14.7 Å². The summed E-state index contributed by atoms with van der Waals surface area (Å²) in [6.45, 7) is 1.91. The van der Waals surface area contributed by atoms with Crippen molar-refractivity contribution in [1.29, 1.82) is 0 Å². The minimum Gasteiger partial charge on any atom is -0.503 e. The van der Waals surface area contributed by atoms with Crippen LogP contribution in [0, 0.1) is 6.92 Å². The van der Waals surface area contributed by atoms with Gasteiger partial charge in [0.05, 0.1) is 11.6 Å². The van der Waals surface area contributed by atoms with Crippen LogP contribution in [0.5, 0.6) is 0 Å². The fourth-order valence-corrected chi connectivity index (χ4v) is 4.57. The molecule has 4 rings (SSSR count). The summed E-state index contributed by atoms with van der Waals surface area (Å²) < 4.78 is 0. The summed E-state index contributed by atoms with van der Waals surface area (Å²) in [5, 5.41) is 11.5. The number of aliphatic hydroxyl groups excluding tert-OH is 1. The van der Waals surface area contributed by atoms with Crippen molar-refractivity contribution in [3.63, 3.8) is 0 Å². The Kier molecular flexibility index (Phi) is 6.35. The number of Topliss-reactive ketones (excluding diaryl/α,β-unsaturated/α-hetero) is 1. The summed E-state index contributed by atoms with van der Waals surface area (Å²) in [6, 6.07) is 21.1. The van der Waals surface area contributed by atoms with Crippen LogP contribution < -0.4 is 4.90 Å². The van der Waals surface area contributed by atoms with Gasteiger partial charge in [0.15, 0.2) is 11.5 Å². The molecule has 0 saturated heterocycles. The zero-order chi connectivity index (χ0) is 22.8. The highest BCUT2D eigenvalue weighted by molar-refractivity contribution is 6.35. The van der Waals surface area contributed by atoms with Gasteiger partial charge in [-0.3, -0.25) is 14.5 Å². The number of nitrogens with zero attached hydrogens (tertiary/aromatic N) is 1. The number of anilines is 1. The fourth-order valence-electron chi connectivity index (χ4n) is 4.06. The van der Waals surface area contributed by atoms with Crippen LogP contribution in [-0.4, -0.2) is 16.8 Å². The lowest BCUT2D eigenvalue weighted by molar-refractivity contribution is -0.118. The molecule has 0 fully saturated rings. The lowest BCUT2D eigenvalue weighted by atomic mass is 9.91. The van der Waals surface area contributed by atoms with Gasteiger partial charge in [0.25, 0.3) is 5.91 Å². The second-order valence-corrected chi connectivity index (χ2v) is 8.61. The Balaban J connectivity index is 1.77. The maximum absolute atomic E-state index is 13.3. The maximum atomic E-state index is 13.3. The summed E-state index contributed by atoms with van der Waals surface area (Å²) in [4.78, 5) is 27.9. The number of hydrogen-bond donors (Lipinski definition) is 1. The first-order valence-corrected chi connectivity index (χ1v) is 11.0. The molecule has 162 valence electrons. The van der Waals surface area contributed by atoms with Crippen molar-refractivity contribution < 1.29 is 14.7 Å². The van der Waals surface area contributed by atoms with Gasteiger partial charge in [-0.2, -0.15) is 0 Å². The molecule has 4 nitrogen and oxygen atoms in total. The number of aryl methyl sites for hydroxylation is 2. The van der Waals surface area contributed by atoms with Gasteiger partial charge in [-0.1, -0.05) is 77.8 Å². The number of hydrogen-bond acceptors (Lipinski definition) is 3. The number of carbonyl (C=O) groups is 2. The van der Waals surface area contributed by atoms with Crippen molar-refractivity contribution >= 4 is 40.6 Å². The van der Waals surface area contributed by atoms with E-state index in [4.69, 9.17) is 23.2 Å². The number of amides is 1. The van der Waals surface area contributed by atoms with Crippen LogP contribution in [0.3, 0.4) is 0 Å². The molecule has 1 atom stereocenters. The van der Waals surface area contributed by atoms with Crippen molar-refractivity contribution in [2.24, 2.45) is 0 Å². The Morgan fingerprint density at radius 2 is 1.59 bits per heavy atom. The van der Waals surface area contributed by atoms with Gasteiger partial charge in [-0.25, -0.2) is 0 Å². The molecule has 1 aliphatic heterocycles. The molecule has 1 unspecified atom stereocenters. The molecular weight excluding hydrogens is 445 g/mol. The predicted molar refractivity (Wildman–Crippen MR) is 127 cm³/mol. The normalized spacial score (nSPS) is 16.0. The van der Waals surface area contributed by atoms with Crippen molar-refractivity contribution in [2.75, 3.05) is 4.90 Å². The molecule has 0 aliphatic carbocycles. The van der Waals surface area contributed by atoms with Gasteiger partial charge in [0.2, 0.25) is 0 Å². The second kappa shape index (κ2) is 9.19. The highest BCUT2D eigenvalue weighted by Gasteiger charge is 2.44. The summed E-state index contributed by atoms with van der Waals surface area (Å²) in [6.07, 6.45) is 0.678. The summed E-state index contributed by atoms with van der Waals surface area (Å²) in [7, 11) is 0. The monoisotopic (exact) mass is 465 g/mol. The largest absolute Gasteiger partial charge is 0.503 e. The quantitative estimate of drug-likeness (QED) is 0.457. The van der Waals surface area contributed by atoms with E-state index >= 15 is 0 Å². The lowest BCUT2D eigenvalue weighted by Crippen LogP contribution is -2.31. The number of rotatable bonds is 6. The average Bonchev–Trinajstić information content (AvgIpc) is 3.03. The third-order valence-electron chi connectivity index (χ3n) is 5.60.